The van der Waals surface area contributed by atoms with Crippen LogP contribution in [0.15, 0.2) is 24.4 Å². The van der Waals surface area contributed by atoms with Gasteiger partial charge in [-0.15, -0.1) is 0 Å². The van der Waals surface area contributed by atoms with Crippen LogP contribution in [0.3, 0.4) is 0 Å². The van der Waals surface area contributed by atoms with Gasteiger partial charge in [-0.1, -0.05) is 26.6 Å². The van der Waals surface area contributed by atoms with E-state index in [1.165, 1.54) is 0 Å². The van der Waals surface area contributed by atoms with E-state index in [1.807, 2.05) is 27.7 Å². The molecule has 2 amide bonds. The molecule has 1 atom stereocenters. The first-order valence-electron chi connectivity index (χ1n) is 16.3. The quantitative estimate of drug-likeness (QED) is 0.116. The minimum atomic E-state index is -1.21. The molecule has 45 heavy (non-hydrogen) atoms. The Labute approximate surface area is 266 Å². The molecule has 3 aromatic heterocycles. The maximum absolute atomic E-state index is 15.7. The molecule has 244 valence electrons. The lowest BCUT2D eigenvalue weighted by Gasteiger charge is -2.27. The lowest BCUT2D eigenvalue weighted by molar-refractivity contribution is -0.119. The molecule has 2 aliphatic rings. The van der Waals surface area contributed by atoms with E-state index in [0.717, 1.165) is 37.4 Å². The van der Waals surface area contributed by atoms with Gasteiger partial charge in [-0.2, -0.15) is 14.6 Å². The van der Waals surface area contributed by atoms with Crippen LogP contribution in [0.2, 0.25) is 25.7 Å². The van der Waals surface area contributed by atoms with E-state index in [2.05, 4.69) is 45.5 Å². The molecule has 2 fully saturated rings. The molecule has 0 bridgehead atoms. The third-order valence-electron chi connectivity index (χ3n) is 8.83. The zero-order chi connectivity index (χ0) is 32.5. The summed E-state index contributed by atoms with van der Waals surface area (Å²) in [6.07, 6.45) is 6.41. The molecule has 0 radical (unpaired) electrons. The molecule has 2 N–H and O–H groups in total. The summed E-state index contributed by atoms with van der Waals surface area (Å²) in [5.74, 6) is -0.489. The number of hydrogen-bond donors (Lipinski definition) is 2. The Morgan fingerprint density at radius 3 is 2.38 bits per heavy atom. The first-order valence-corrected chi connectivity index (χ1v) is 20.0. The number of hydrogen-bond acceptors (Lipinski definition) is 6. The summed E-state index contributed by atoms with van der Waals surface area (Å²) >= 11 is 0. The van der Waals surface area contributed by atoms with Crippen LogP contribution >= 0.6 is 0 Å². The molecule has 0 aliphatic heterocycles. The van der Waals surface area contributed by atoms with E-state index in [0.29, 0.717) is 54.1 Å². The van der Waals surface area contributed by atoms with Crippen LogP contribution in [-0.4, -0.2) is 57.1 Å². The highest BCUT2D eigenvalue weighted by atomic mass is 28.3. The summed E-state index contributed by atoms with van der Waals surface area (Å²) in [6, 6.07) is 5.22. The number of nitrogens with zero attached hydrogens (tertiary/aromatic N) is 5. The van der Waals surface area contributed by atoms with Crippen molar-refractivity contribution in [2.45, 2.75) is 104 Å². The molecule has 0 unspecified atom stereocenters. The SMILES string of the molecule is CCc1c(-c2ccc(NC(=O)[C@@H](NC(=O)c3ccnn3C(C)C)C(C3CC3)C3CC3)nc2F)c(C)nn1COCC[Si](C)(C)C. The van der Waals surface area contributed by atoms with Crippen molar-refractivity contribution < 1.29 is 18.7 Å². The monoisotopic (exact) mass is 637 g/mol. The van der Waals surface area contributed by atoms with Gasteiger partial charge in [0.1, 0.15) is 24.3 Å². The minimum absolute atomic E-state index is 0.00663. The van der Waals surface area contributed by atoms with Gasteiger partial charge < -0.3 is 15.4 Å². The molecule has 2 saturated carbocycles. The summed E-state index contributed by atoms with van der Waals surface area (Å²) in [5, 5.41) is 14.8. The van der Waals surface area contributed by atoms with Crippen molar-refractivity contribution >= 4 is 25.7 Å². The van der Waals surface area contributed by atoms with Gasteiger partial charge in [0.05, 0.1) is 5.69 Å². The Morgan fingerprint density at radius 1 is 1.11 bits per heavy atom. The van der Waals surface area contributed by atoms with Crippen molar-refractivity contribution in [3.63, 3.8) is 0 Å². The molecule has 0 spiro atoms. The number of amides is 2. The molecule has 3 aromatic rings. The highest BCUT2D eigenvalue weighted by molar-refractivity contribution is 6.76. The topological polar surface area (TPSA) is 116 Å². The van der Waals surface area contributed by atoms with Crippen molar-refractivity contribution in [3.8, 4) is 11.1 Å². The van der Waals surface area contributed by atoms with Crippen molar-refractivity contribution in [3.05, 3.63) is 47.4 Å². The molecule has 3 heterocycles. The number of aryl methyl sites for hydroxylation is 1. The number of ether oxygens (including phenoxy) is 1. The second-order valence-electron chi connectivity index (χ2n) is 14.1. The molecule has 5 rings (SSSR count). The Balaban J connectivity index is 1.34. The highest BCUT2D eigenvalue weighted by Crippen LogP contribution is 2.51. The fourth-order valence-electron chi connectivity index (χ4n) is 6.22. The van der Waals surface area contributed by atoms with E-state index in [4.69, 9.17) is 4.74 Å². The maximum Gasteiger partial charge on any atom is 0.270 e. The normalized spacial score (nSPS) is 16.0. The van der Waals surface area contributed by atoms with Crippen LogP contribution in [0, 0.1) is 30.6 Å². The first kappa shape index (κ1) is 33.0. The van der Waals surface area contributed by atoms with Crippen molar-refractivity contribution in [1.82, 2.24) is 29.9 Å². The van der Waals surface area contributed by atoms with Crippen molar-refractivity contribution in [1.29, 1.82) is 0 Å². The average Bonchev–Trinajstić information content (AvgIpc) is 3.90. The van der Waals surface area contributed by atoms with Crippen LogP contribution in [-0.2, 0) is 22.7 Å². The predicted molar refractivity (Wildman–Crippen MR) is 175 cm³/mol. The van der Waals surface area contributed by atoms with Gasteiger partial charge in [0.2, 0.25) is 11.9 Å². The van der Waals surface area contributed by atoms with Crippen LogP contribution in [0.25, 0.3) is 11.1 Å². The standard InChI is InChI=1S/C33H48FN7O3Si/c1-8-25-28(21(4)39-40(25)19-44-17-18-45(5,6)7)24-13-14-27(36-31(24)34)37-33(43)30(29(22-9-10-22)23-11-12-23)38-32(42)26-15-16-35-41(26)20(2)3/h13-16,20,22-23,29-30H,8-12,17-19H2,1-7H3,(H,38,42)(H,36,37,43)/t30-/m0/s1. The third-order valence-corrected chi connectivity index (χ3v) is 10.5. The van der Waals surface area contributed by atoms with Gasteiger partial charge in [0.25, 0.3) is 5.91 Å². The van der Waals surface area contributed by atoms with Crippen LogP contribution in [0.5, 0.6) is 0 Å². The maximum atomic E-state index is 15.7. The Kier molecular flexibility index (Phi) is 9.93. The van der Waals surface area contributed by atoms with Crippen LogP contribution < -0.4 is 10.6 Å². The lowest BCUT2D eigenvalue weighted by atomic mass is 9.88. The molecule has 12 heteroatoms. The highest BCUT2D eigenvalue weighted by Gasteiger charge is 2.48. The first-order chi connectivity index (χ1) is 21.4. The van der Waals surface area contributed by atoms with Gasteiger partial charge in [0.15, 0.2) is 0 Å². The van der Waals surface area contributed by atoms with E-state index < -0.39 is 20.1 Å². The third kappa shape index (κ3) is 7.89. The number of nitrogens with one attached hydrogen (secondary N) is 2. The Morgan fingerprint density at radius 2 is 1.80 bits per heavy atom. The molecule has 2 aliphatic carbocycles. The van der Waals surface area contributed by atoms with Gasteiger partial charge in [0, 0.05) is 43.7 Å². The largest absolute Gasteiger partial charge is 0.360 e. The second kappa shape index (κ2) is 13.5. The average molecular weight is 638 g/mol. The predicted octanol–water partition coefficient (Wildman–Crippen LogP) is 6.22. The lowest BCUT2D eigenvalue weighted by Crippen LogP contribution is -2.50. The number of carbonyl (C=O) groups excluding carboxylic acids is 2. The zero-order valence-corrected chi connectivity index (χ0v) is 28.7. The second-order valence-corrected chi connectivity index (χ2v) is 19.7. The zero-order valence-electron chi connectivity index (χ0n) is 27.7. The summed E-state index contributed by atoms with van der Waals surface area (Å²) < 4.78 is 25.1. The number of rotatable bonds is 15. The fourth-order valence-corrected chi connectivity index (χ4v) is 6.97. The van der Waals surface area contributed by atoms with Crippen molar-refractivity contribution in [2.24, 2.45) is 17.8 Å². The summed E-state index contributed by atoms with van der Waals surface area (Å²) in [6.45, 7) is 15.7. The van der Waals surface area contributed by atoms with Crippen LogP contribution in [0.4, 0.5) is 10.2 Å². The molecule has 0 aromatic carbocycles. The molecular weight excluding hydrogens is 589 g/mol. The molecule has 0 saturated heterocycles. The van der Waals surface area contributed by atoms with E-state index in [1.54, 1.807) is 33.8 Å². The van der Waals surface area contributed by atoms with Gasteiger partial charge >= 0.3 is 0 Å². The number of pyridine rings is 1. The van der Waals surface area contributed by atoms with Crippen molar-refractivity contribution in [2.75, 3.05) is 11.9 Å². The van der Waals surface area contributed by atoms with Crippen LogP contribution in [0.1, 0.15) is 74.4 Å². The van der Waals surface area contributed by atoms with E-state index in [-0.39, 0.29) is 29.6 Å². The van der Waals surface area contributed by atoms with Gasteiger partial charge in [-0.25, -0.2) is 9.67 Å². The van der Waals surface area contributed by atoms with Gasteiger partial charge in [-0.3, -0.25) is 14.3 Å². The summed E-state index contributed by atoms with van der Waals surface area (Å²) in [4.78, 5) is 31.4. The van der Waals surface area contributed by atoms with Gasteiger partial charge in [-0.05, 0) is 94.9 Å². The summed E-state index contributed by atoms with van der Waals surface area (Å²) in [7, 11) is -1.21. The number of anilines is 1. The Hall–Kier alpha value is -3.38. The van der Waals surface area contributed by atoms with E-state index >= 15 is 4.39 Å². The Bertz CT molecular complexity index is 1510. The number of carbonyl (C=O) groups is 2. The minimum Gasteiger partial charge on any atom is -0.360 e. The fraction of sp³-hybridized carbons (Fsp3) is 0.606. The summed E-state index contributed by atoms with van der Waals surface area (Å²) in [5.41, 5.74) is 3.00. The van der Waals surface area contributed by atoms with E-state index in [9.17, 15) is 9.59 Å². The number of aromatic nitrogens is 5. The molecular formula is C33H48FN7O3Si. The smallest absolute Gasteiger partial charge is 0.270 e. The number of halogens is 1. The molecule has 10 nitrogen and oxygen atoms in total.